The van der Waals surface area contributed by atoms with Crippen LogP contribution >= 0.6 is 0 Å². The van der Waals surface area contributed by atoms with E-state index in [0.29, 0.717) is 16.9 Å². The largest absolute Gasteiger partial charge is 0.321 e. The van der Waals surface area contributed by atoms with E-state index >= 15 is 0 Å². The van der Waals surface area contributed by atoms with Crippen LogP contribution in [0.5, 0.6) is 0 Å². The zero-order chi connectivity index (χ0) is 18.0. The van der Waals surface area contributed by atoms with Crippen LogP contribution in [0.1, 0.15) is 24.0 Å². The smallest absolute Gasteiger partial charge is 0.271 e. The lowest BCUT2D eigenvalue weighted by molar-refractivity contribution is -0.118. The molecule has 3 rings (SSSR count). The van der Waals surface area contributed by atoms with Crippen LogP contribution in [0.4, 0.5) is 15.8 Å². The fourth-order valence-corrected chi connectivity index (χ4v) is 2.64. The van der Waals surface area contributed by atoms with Crippen molar-refractivity contribution < 1.29 is 14.0 Å². The van der Waals surface area contributed by atoms with Gasteiger partial charge in [0.2, 0.25) is 5.91 Å². The molecule has 0 saturated heterocycles. The molecule has 25 heavy (non-hydrogen) atoms. The third-order valence-electron chi connectivity index (χ3n) is 3.98. The molecule has 1 aliphatic heterocycles. The van der Waals surface area contributed by atoms with Crippen molar-refractivity contribution >= 4 is 28.9 Å². The van der Waals surface area contributed by atoms with Gasteiger partial charge in [-0.1, -0.05) is 12.1 Å². The number of hydrogen-bond donors (Lipinski definition) is 1. The van der Waals surface area contributed by atoms with E-state index in [1.165, 1.54) is 23.2 Å². The number of carbonyl (C=O) groups is 2. The highest BCUT2D eigenvalue weighted by Crippen LogP contribution is 2.22. The molecule has 0 bridgehead atoms. The minimum absolute atomic E-state index is 0.153. The average Bonchev–Trinajstić information content (AvgIpc) is 2.57. The number of nitrogens with one attached hydrogen (secondary N) is 1. The quantitative estimate of drug-likeness (QED) is 0.929. The maximum absolute atomic E-state index is 13.2. The maximum Gasteiger partial charge on any atom is 0.271 e. The first kappa shape index (κ1) is 16.8. The molecule has 0 atom stereocenters. The van der Waals surface area contributed by atoms with E-state index in [9.17, 15) is 14.0 Å². The van der Waals surface area contributed by atoms with Crippen LogP contribution < -0.4 is 10.3 Å². The summed E-state index contributed by atoms with van der Waals surface area (Å²) in [4.78, 5) is 24.7. The van der Waals surface area contributed by atoms with Crippen LogP contribution in [0.3, 0.4) is 0 Å². The molecule has 2 amide bonds. The number of rotatable bonds is 3. The zero-order valence-corrected chi connectivity index (χ0v) is 14.0. The molecule has 1 aliphatic rings. The minimum Gasteiger partial charge on any atom is -0.321 e. The summed E-state index contributed by atoms with van der Waals surface area (Å²) in [5.74, 6) is -0.901. The van der Waals surface area contributed by atoms with Crippen molar-refractivity contribution in [2.45, 2.75) is 26.7 Å². The van der Waals surface area contributed by atoms with Gasteiger partial charge in [0.15, 0.2) is 0 Å². The molecular formula is C19H18FN3O2. The Labute approximate surface area is 145 Å². The molecule has 0 radical (unpaired) electrons. The van der Waals surface area contributed by atoms with Gasteiger partial charge in [-0.2, -0.15) is 5.10 Å². The summed E-state index contributed by atoms with van der Waals surface area (Å²) >= 11 is 0. The molecule has 128 valence electrons. The van der Waals surface area contributed by atoms with Gasteiger partial charge in [0.1, 0.15) is 11.5 Å². The Morgan fingerprint density at radius 3 is 2.68 bits per heavy atom. The highest BCUT2D eigenvalue weighted by Gasteiger charge is 2.25. The first-order valence-electron chi connectivity index (χ1n) is 7.98. The third kappa shape index (κ3) is 3.74. The van der Waals surface area contributed by atoms with Gasteiger partial charge in [-0.25, -0.2) is 9.40 Å². The van der Waals surface area contributed by atoms with Crippen LogP contribution in [0.2, 0.25) is 0 Å². The Bertz CT molecular complexity index is 877. The second-order valence-electron chi connectivity index (χ2n) is 6.00. The summed E-state index contributed by atoms with van der Waals surface area (Å²) < 4.78 is 13.2. The second kappa shape index (κ2) is 6.84. The maximum atomic E-state index is 13.2. The highest BCUT2D eigenvalue weighted by atomic mass is 19.1. The van der Waals surface area contributed by atoms with Gasteiger partial charge in [0, 0.05) is 18.5 Å². The number of anilines is 2. The van der Waals surface area contributed by atoms with Gasteiger partial charge in [-0.05, 0) is 55.3 Å². The van der Waals surface area contributed by atoms with Crippen LogP contribution in [-0.2, 0) is 9.59 Å². The summed E-state index contributed by atoms with van der Waals surface area (Å²) in [5, 5.41) is 8.23. The lowest BCUT2D eigenvalue weighted by Crippen LogP contribution is -2.36. The van der Waals surface area contributed by atoms with E-state index < -0.39 is 0 Å². The fourth-order valence-electron chi connectivity index (χ4n) is 2.64. The fraction of sp³-hybridized carbons (Fsp3) is 0.211. The number of hydrogen-bond acceptors (Lipinski definition) is 3. The van der Waals surface area contributed by atoms with E-state index in [-0.39, 0.29) is 36.2 Å². The van der Waals surface area contributed by atoms with E-state index in [0.717, 1.165) is 5.56 Å². The average molecular weight is 339 g/mol. The molecule has 2 aromatic carbocycles. The van der Waals surface area contributed by atoms with Crippen molar-refractivity contribution in [3.8, 4) is 0 Å². The number of halogens is 1. The van der Waals surface area contributed by atoms with Gasteiger partial charge < -0.3 is 5.32 Å². The predicted molar refractivity (Wildman–Crippen MR) is 95.1 cm³/mol. The second-order valence-corrected chi connectivity index (χ2v) is 6.00. The first-order valence-corrected chi connectivity index (χ1v) is 7.98. The van der Waals surface area contributed by atoms with Crippen molar-refractivity contribution in [3.05, 3.63) is 59.4 Å². The molecule has 5 nitrogen and oxygen atoms in total. The van der Waals surface area contributed by atoms with E-state index in [2.05, 4.69) is 10.4 Å². The summed E-state index contributed by atoms with van der Waals surface area (Å²) in [5.41, 5.74) is 3.04. The van der Waals surface area contributed by atoms with Gasteiger partial charge >= 0.3 is 0 Å². The lowest BCUT2D eigenvalue weighted by atomic mass is 10.1. The van der Waals surface area contributed by atoms with Crippen molar-refractivity contribution in [3.63, 3.8) is 0 Å². The zero-order valence-electron chi connectivity index (χ0n) is 14.0. The topological polar surface area (TPSA) is 61.8 Å². The molecule has 6 heteroatoms. The molecule has 0 aliphatic carbocycles. The number of hydrazone groups is 1. The Balaban J connectivity index is 1.84. The van der Waals surface area contributed by atoms with Crippen molar-refractivity contribution in [1.82, 2.24) is 0 Å². The number of carbonyl (C=O) groups excluding carboxylic acids is 2. The molecule has 1 N–H and O–H groups in total. The molecule has 0 saturated carbocycles. The first-order chi connectivity index (χ1) is 11.9. The summed E-state index contributed by atoms with van der Waals surface area (Å²) in [6, 6.07) is 11.5. The number of benzene rings is 2. The van der Waals surface area contributed by atoms with Crippen LogP contribution in [0, 0.1) is 19.7 Å². The molecule has 2 aromatic rings. The molecule has 0 spiro atoms. The Morgan fingerprint density at radius 1 is 1.16 bits per heavy atom. The van der Waals surface area contributed by atoms with Gasteiger partial charge in [-0.3, -0.25) is 9.59 Å². The van der Waals surface area contributed by atoms with E-state index in [1.807, 2.05) is 25.1 Å². The predicted octanol–water partition coefficient (Wildman–Crippen LogP) is 3.56. The van der Waals surface area contributed by atoms with E-state index in [1.54, 1.807) is 13.0 Å². The number of nitrogens with zero attached hydrogens (tertiary/aromatic N) is 2. The summed E-state index contributed by atoms with van der Waals surface area (Å²) in [6.45, 7) is 3.64. The standard InChI is InChI=1S/C19H18FN3O2/c1-12-4-3-5-15(10-12)23-18(24)9-8-17(22-23)19(25)21-16-7-6-14(20)11-13(16)2/h3-7,10-11H,8-9H2,1-2H3,(H,21,25). The highest BCUT2D eigenvalue weighted by molar-refractivity contribution is 6.44. The lowest BCUT2D eigenvalue weighted by Gasteiger charge is -2.23. The van der Waals surface area contributed by atoms with Crippen LogP contribution in [0.25, 0.3) is 0 Å². The Hall–Kier alpha value is -3.02. The summed E-state index contributed by atoms with van der Waals surface area (Å²) in [6.07, 6.45) is 0.482. The van der Waals surface area contributed by atoms with Crippen LogP contribution in [0.15, 0.2) is 47.6 Å². The van der Waals surface area contributed by atoms with Crippen molar-refractivity contribution in [2.24, 2.45) is 5.10 Å². The number of amides is 2. The molecular weight excluding hydrogens is 321 g/mol. The molecule has 0 fully saturated rings. The Kier molecular flexibility index (Phi) is 4.61. The van der Waals surface area contributed by atoms with Gasteiger partial charge in [-0.15, -0.1) is 0 Å². The monoisotopic (exact) mass is 339 g/mol. The molecule has 1 heterocycles. The SMILES string of the molecule is Cc1cccc(N2N=C(C(=O)Nc3ccc(F)cc3C)CCC2=O)c1. The van der Waals surface area contributed by atoms with E-state index in [4.69, 9.17) is 0 Å². The van der Waals surface area contributed by atoms with Gasteiger partial charge in [0.25, 0.3) is 5.91 Å². The normalized spacial score (nSPS) is 14.3. The Morgan fingerprint density at radius 2 is 1.96 bits per heavy atom. The molecule has 0 unspecified atom stereocenters. The molecule has 0 aromatic heterocycles. The summed E-state index contributed by atoms with van der Waals surface area (Å²) in [7, 11) is 0. The number of aryl methyl sites for hydroxylation is 2. The van der Waals surface area contributed by atoms with Crippen molar-refractivity contribution in [1.29, 1.82) is 0 Å². The third-order valence-corrected chi connectivity index (χ3v) is 3.98. The van der Waals surface area contributed by atoms with Gasteiger partial charge in [0.05, 0.1) is 5.69 Å². The van der Waals surface area contributed by atoms with Crippen molar-refractivity contribution in [2.75, 3.05) is 10.3 Å². The van der Waals surface area contributed by atoms with Crippen LogP contribution in [-0.4, -0.2) is 17.5 Å². The minimum atomic E-state index is -0.389.